The van der Waals surface area contributed by atoms with Crippen LogP contribution in [0.5, 0.6) is 0 Å². The van der Waals surface area contributed by atoms with Gasteiger partial charge in [0.05, 0.1) is 16.2 Å². The first kappa shape index (κ1) is 24.7. The highest BCUT2D eigenvalue weighted by atomic mass is 32.2. The van der Waals surface area contributed by atoms with Crippen LogP contribution in [0.3, 0.4) is 0 Å². The maximum absolute atomic E-state index is 12.8. The molecule has 0 saturated heterocycles. The van der Waals surface area contributed by atoms with E-state index in [-0.39, 0.29) is 22.2 Å². The van der Waals surface area contributed by atoms with E-state index < -0.39 is 21.8 Å². The molecule has 0 atom stereocenters. The lowest BCUT2D eigenvalue weighted by Crippen LogP contribution is -2.15. The number of carbonyl (C=O) groups is 1. The van der Waals surface area contributed by atoms with Gasteiger partial charge in [-0.3, -0.25) is 9.52 Å². The highest BCUT2D eigenvalue weighted by Gasteiger charge is 2.30. The molecule has 0 bridgehead atoms. The second kappa shape index (κ2) is 10.3. The zero-order valence-electron chi connectivity index (χ0n) is 17.5. The third kappa shape index (κ3) is 7.26. The van der Waals surface area contributed by atoms with Gasteiger partial charge in [-0.15, -0.1) is 11.8 Å². The number of halogens is 3. The van der Waals surface area contributed by atoms with Gasteiger partial charge < -0.3 is 5.32 Å². The predicted octanol–water partition coefficient (Wildman–Crippen LogP) is 5.69. The molecule has 3 aromatic rings. The highest BCUT2D eigenvalue weighted by molar-refractivity contribution is 7.99. The lowest BCUT2D eigenvalue weighted by molar-refractivity contribution is -0.137. The Hall–Kier alpha value is -2.98. The highest BCUT2D eigenvalue weighted by Crippen LogP contribution is 2.31. The van der Waals surface area contributed by atoms with Gasteiger partial charge in [-0.05, 0) is 55.0 Å². The van der Waals surface area contributed by atoms with Crippen molar-refractivity contribution in [1.29, 1.82) is 0 Å². The van der Waals surface area contributed by atoms with Gasteiger partial charge in [-0.1, -0.05) is 35.9 Å². The summed E-state index contributed by atoms with van der Waals surface area (Å²) in [6.07, 6.45) is -4.58. The molecule has 0 heterocycles. The molecule has 0 spiro atoms. The van der Waals surface area contributed by atoms with E-state index in [1.165, 1.54) is 42.1 Å². The Morgan fingerprint density at radius 1 is 0.939 bits per heavy atom. The molecule has 0 saturated carbocycles. The van der Waals surface area contributed by atoms with E-state index in [4.69, 9.17) is 0 Å². The van der Waals surface area contributed by atoms with Crippen molar-refractivity contribution in [1.82, 2.24) is 0 Å². The maximum atomic E-state index is 12.8. The average Bonchev–Trinajstić information content (AvgIpc) is 2.75. The Morgan fingerprint density at radius 3 is 2.24 bits per heavy atom. The molecule has 0 aliphatic carbocycles. The summed E-state index contributed by atoms with van der Waals surface area (Å²) >= 11 is 1.45. The zero-order valence-corrected chi connectivity index (χ0v) is 19.2. The number of benzene rings is 3. The molecule has 0 unspecified atom stereocenters. The minimum absolute atomic E-state index is 0.147. The van der Waals surface area contributed by atoms with Crippen LogP contribution < -0.4 is 10.0 Å². The lowest BCUT2D eigenvalue weighted by atomic mass is 10.2. The van der Waals surface area contributed by atoms with Crippen molar-refractivity contribution in [3.8, 4) is 0 Å². The van der Waals surface area contributed by atoms with Crippen LogP contribution in [0.25, 0.3) is 0 Å². The topological polar surface area (TPSA) is 75.3 Å². The third-order valence-electron chi connectivity index (χ3n) is 4.51. The summed E-state index contributed by atoms with van der Waals surface area (Å²) in [7, 11) is -4.10. The number of alkyl halides is 3. The van der Waals surface area contributed by atoms with Crippen molar-refractivity contribution in [2.24, 2.45) is 0 Å². The van der Waals surface area contributed by atoms with Gasteiger partial charge >= 0.3 is 6.18 Å². The van der Waals surface area contributed by atoms with Crippen molar-refractivity contribution >= 4 is 39.1 Å². The molecule has 3 rings (SSSR count). The van der Waals surface area contributed by atoms with E-state index >= 15 is 0 Å². The molecular weight excluding hydrogens is 473 g/mol. The van der Waals surface area contributed by atoms with Crippen LogP contribution in [-0.2, 0) is 26.7 Å². The van der Waals surface area contributed by atoms with Gasteiger partial charge in [0, 0.05) is 17.1 Å². The molecule has 1 amide bonds. The summed E-state index contributed by atoms with van der Waals surface area (Å²) in [5.41, 5.74) is 1.53. The largest absolute Gasteiger partial charge is 0.416 e. The summed E-state index contributed by atoms with van der Waals surface area (Å²) in [4.78, 5) is 12.0. The quantitative estimate of drug-likeness (QED) is 0.422. The molecule has 0 aromatic heterocycles. The Kier molecular flexibility index (Phi) is 7.70. The number of carbonyl (C=O) groups excluding carboxylic acids is 1. The Bertz CT molecular complexity index is 1210. The molecule has 0 fully saturated rings. The summed E-state index contributed by atoms with van der Waals surface area (Å²) in [6.45, 7) is 2.00. The Morgan fingerprint density at radius 2 is 1.61 bits per heavy atom. The number of amides is 1. The minimum atomic E-state index is -4.58. The summed E-state index contributed by atoms with van der Waals surface area (Å²) in [6, 6.07) is 17.3. The van der Waals surface area contributed by atoms with Gasteiger partial charge in [0.2, 0.25) is 5.91 Å². The van der Waals surface area contributed by atoms with Crippen molar-refractivity contribution in [2.75, 3.05) is 15.8 Å². The van der Waals surface area contributed by atoms with Gasteiger partial charge in [0.1, 0.15) is 0 Å². The first-order chi connectivity index (χ1) is 15.5. The number of hydrogen-bond acceptors (Lipinski definition) is 4. The fourth-order valence-electron chi connectivity index (χ4n) is 2.83. The van der Waals surface area contributed by atoms with E-state index in [0.717, 1.165) is 29.3 Å². The number of nitrogens with one attached hydrogen (secondary N) is 2. The van der Waals surface area contributed by atoms with Crippen molar-refractivity contribution < 1.29 is 26.4 Å². The van der Waals surface area contributed by atoms with Crippen LogP contribution in [0, 0.1) is 6.92 Å². The van der Waals surface area contributed by atoms with E-state index in [0.29, 0.717) is 11.4 Å². The number of anilines is 2. The van der Waals surface area contributed by atoms with E-state index in [1.54, 1.807) is 0 Å². The summed E-state index contributed by atoms with van der Waals surface area (Å²) in [5.74, 6) is 0.682. The monoisotopic (exact) mass is 494 g/mol. The number of sulfonamides is 1. The van der Waals surface area contributed by atoms with Gasteiger partial charge in [-0.2, -0.15) is 13.2 Å². The van der Waals surface area contributed by atoms with Gasteiger partial charge in [-0.25, -0.2) is 8.42 Å². The van der Waals surface area contributed by atoms with Crippen molar-refractivity contribution in [2.45, 2.75) is 23.7 Å². The molecule has 0 radical (unpaired) electrons. The van der Waals surface area contributed by atoms with Crippen LogP contribution in [0.2, 0.25) is 0 Å². The third-order valence-corrected chi connectivity index (χ3v) is 6.91. The van der Waals surface area contributed by atoms with Crippen LogP contribution in [0.15, 0.2) is 77.7 Å². The first-order valence-electron chi connectivity index (χ1n) is 9.76. The minimum Gasteiger partial charge on any atom is -0.325 e. The molecule has 10 heteroatoms. The molecule has 174 valence electrons. The van der Waals surface area contributed by atoms with E-state index in [1.807, 2.05) is 31.2 Å². The molecule has 5 nitrogen and oxygen atoms in total. The van der Waals surface area contributed by atoms with Crippen LogP contribution >= 0.6 is 11.8 Å². The molecular formula is C23H21F3N2O3S2. The summed E-state index contributed by atoms with van der Waals surface area (Å²) < 4.78 is 65.7. The number of aryl methyl sites for hydroxylation is 1. The molecule has 0 aliphatic heterocycles. The van der Waals surface area contributed by atoms with E-state index in [9.17, 15) is 26.4 Å². The Balaban J connectivity index is 1.56. The molecule has 33 heavy (non-hydrogen) atoms. The van der Waals surface area contributed by atoms with Gasteiger partial charge in [0.25, 0.3) is 10.0 Å². The number of rotatable bonds is 8. The zero-order chi connectivity index (χ0) is 24.1. The first-order valence-corrected chi connectivity index (χ1v) is 12.4. The molecule has 2 N–H and O–H groups in total. The second-order valence-electron chi connectivity index (χ2n) is 7.24. The lowest BCUT2D eigenvalue weighted by Gasteiger charge is -2.12. The summed E-state index contributed by atoms with van der Waals surface area (Å²) in [5, 5.41) is 2.69. The Labute approximate surface area is 194 Å². The van der Waals surface area contributed by atoms with E-state index in [2.05, 4.69) is 10.0 Å². The van der Waals surface area contributed by atoms with Gasteiger partial charge in [0.15, 0.2) is 0 Å². The van der Waals surface area contributed by atoms with Crippen LogP contribution in [0.4, 0.5) is 24.5 Å². The fourth-order valence-corrected chi connectivity index (χ4v) is 4.67. The smallest absolute Gasteiger partial charge is 0.325 e. The maximum Gasteiger partial charge on any atom is 0.416 e. The van der Waals surface area contributed by atoms with Crippen LogP contribution in [0.1, 0.15) is 16.7 Å². The molecule has 0 aliphatic rings. The second-order valence-corrected chi connectivity index (χ2v) is 9.90. The standard InChI is InChI=1S/C23H21F3N2O3S2/c1-16-5-7-17(8-6-16)14-32-15-22(29)27-19-9-11-21(12-10-19)33(30,31)28-20-4-2-3-18(13-20)23(24,25)26/h2-13,28H,14-15H2,1H3,(H,27,29). The normalized spacial score (nSPS) is 11.8. The van der Waals surface area contributed by atoms with Crippen LogP contribution in [-0.4, -0.2) is 20.1 Å². The van der Waals surface area contributed by atoms with Crippen molar-refractivity contribution in [3.63, 3.8) is 0 Å². The fraction of sp³-hybridized carbons (Fsp3) is 0.174. The number of hydrogen-bond donors (Lipinski definition) is 2. The average molecular weight is 495 g/mol. The molecule has 3 aromatic carbocycles. The number of thioether (sulfide) groups is 1. The SMILES string of the molecule is Cc1ccc(CSCC(=O)Nc2ccc(S(=O)(=O)Nc3cccc(C(F)(F)F)c3)cc2)cc1. The predicted molar refractivity (Wildman–Crippen MR) is 125 cm³/mol. The van der Waals surface area contributed by atoms with Crippen molar-refractivity contribution in [3.05, 3.63) is 89.5 Å².